The van der Waals surface area contributed by atoms with Crippen LogP contribution in [0.3, 0.4) is 0 Å². The number of nitrogens with zero attached hydrogens (tertiary/aromatic N) is 4. The highest BCUT2D eigenvalue weighted by molar-refractivity contribution is 5.90. The van der Waals surface area contributed by atoms with Crippen molar-refractivity contribution in [3.8, 4) is 17.3 Å². The smallest absolute Gasteiger partial charge is 0.322 e. The lowest BCUT2D eigenvalue weighted by Crippen LogP contribution is -2.14. The van der Waals surface area contributed by atoms with Gasteiger partial charge >= 0.3 is 6.01 Å². The van der Waals surface area contributed by atoms with E-state index in [1.165, 1.54) is 0 Å². The zero-order chi connectivity index (χ0) is 17.1. The van der Waals surface area contributed by atoms with Gasteiger partial charge in [-0.3, -0.25) is 14.8 Å². The molecule has 124 valence electrons. The molecule has 0 spiro atoms. The Hall–Kier alpha value is -3.16. The molecule has 0 saturated heterocycles. The lowest BCUT2D eigenvalue weighted by molar-refractivity contribution is -0.115. The molecule has 0 radical (unpaired) electrons. The van der Waals surface area contributed by atoms with Crippen molar-refractivity contribution < 1.29 is 13.9 Å². The molecule has 1 N–H and O–H groups in total. The van der Waals surface area contributed by atoms with E-state index in [-0.39, 0.29) is 18.3 Å². The molecule has 3 rings (SSSR count). The van der Waals surface area contributed by atoms with Gasteiger partial charge in [-0.1, -0.05) is 17.2 Å². The van der Waals surface area contributed by atoms with Crippen molar-refractivity contribution in [2.24, 2.45) is 7.05 Å². The molecule has 8 nitrogen and oxygen atoms in total. The third-order valence-corrected chi connectivity index (χ3v) is 3.42. The van der Waals surface area contributed by atoms with Crippen molar-refractivity contribution in [2.45, 2.75) is 13.3 Å². The van der Waals surface area contributed by atoms with Gasteiger partial charge in [0, 0.05) is 7.05 Å². The number of benzene rings is 1. The van der Waals surface area contributed by atoms with E-state index in [9.17, 15) is 4.79 Å². The molecule has 0 aliphatic heterocycles. The van der Waals surface area contributed by atoms with Gasteiger partial charge in [-0.25, -0.2) is 0 Å². The minimum absolute atomic E-state index is 0.0577. The number of carbonyl (C=O) groups excluding carboxylic acids is 1. The molecule has 0 saturated carbocycles. The first-order valence-corrected chi connectivity index (χ1v) is 7.32. The number of hydrogen-bond acceptors (Lipinski definition) is 6. The summed E-state index contributed by atoms with van der Waals surface area (Å²) in [6.07, 6.45) is 0.201. The maximum Gasteiger partial charge on any atom is 0.322 e. The SMILES string of the molecule is COc1ccc(CC(=O)Nc2nnc(-c3cc(C)nn3C)o2)cc1. The van der Waals surface area contributed by atoms with Crippen LogP contribution in [0, 0.1) is 6.92 Å². The summed E-state index contributed by atoms with van der Waals surface area (Å²) in [6, 6.07) is 9.15. The first kappa shape index (κ1) is 15.7. The number of nitrogens with one attached hydrogen (secondary N) is 1. The fraction of sp³-hybridized carbons (Fsp3) is 0.250. The Kier molecular flexibility index (Phi) is 4.28. The monoisotopic (exact) mass is 327 g/mol. The van der Waals surface area contributed by atoms with Gasteiger partial charge < -0.3 is 9.15 Å². The summed E-state index contributed by atoms with van der Waals surface area (Å²) in [4.78, 5) is 12.1. The van der Waals surface area contributed by atoms with Gasteiger partial charge in [-0.15, -0.1) is 5.10 Å². The van der Waals surface area contributed by atoms with Crippen LogP contribution in [0.5, 0.6) is 5.75 Å². The minimum atomic E-state index is -0.239. The third-order valence-electron chi connectivity index (χ3n) is 3.42. The van der Waals surface area contributed by atoms with Crippen molar-refractivity contribution in [3.05, 3.63) is 41.6 Å². The fourth-order valence-corrected chi connectivity index (χ4v) is 2.28. The highest BCUT2D eigenvalue weighted by Gasteiger charge is 2.15. The number of rotatable bonds is 5. The van der Waals surface area contributed by atoms with Crippen LogP contribution in [0.1, 0.15) is 11.3 Å². The largest absolute Gasteiger partial charge is 0.497 e. The van der Waals surface area contributed by atoms with Crippen LogP contribution in [-0.2, 0) is 18.3 Å². The van der Waals surface area contributed by atoms with Gasteiger partial charge in [0.15, 0.2) is 0 Å². The van der Waals surface area contributed by atoms with Crippen LogP contribution < -0.4 is 10.1 Å². The van der Waals surface area contributed by atoms with Crippen LogP contribution >= 0.6 is 0 Å². The van der Waals surface area contributed by atoms with E-state index in [1.807, 2.05) is 25.1 Å². The van der Waals surface area contributed by atoms with E-state index in [1.54, 1.807) is 31.0 Å². The van der Waals surface area contributed by atoms with Gasteiger partial charge in [-0.2, -0.15) is 5.10 Å². The highest BCUT2D eigenvalue weighted by Crippen LogP contribution is 2.20. The molecule has 0 aliphatic carbocycles. The second-order valence-corrected chi connectivity index (χ2v) is 5.28. The Labute approximate surface area is 138 Å². The zero-order valence-electron chi connectivity index (χ0n) is 13.6. The van der Waals surface area contributed by atoms with Crippen LogP contribution in [0.2, 0.25) is 0 Å². The average molecular weight is 327 g/mol. The van der Waals surface area contributed by atoms with E-state index in [0.29, 0.717) is 11.6 Å². The van der Waals surface area contributed by atoms with Gasteiger partial charge in [0.2, 0.25) is 5.91 Å². The first-order valence-electron chi connectivity index (χ1n) is 7.32. The third kappa shape index (κ3) is 3.43. The zero-order valence-corrected chi connectivity index (χ0v) is 13.6. The van der Waals surface area contributed by atoms with Gasteiger partial charge in [0.1, 0.15) is 11.4 Å². The van der Waals surface area contributed by atoms with E-state index in [0.717, 1.165) is 17.0 Å². The molecule has 0 bridgehead atoms. The molecule has 3 aromatic rings. The molecule has 0 fully saturated rings. The minimum Gasteiger partial charge on any atom is -0.497 e. The number of methoxy groups -OCH3 is 1. The highest BCUT2D eigenvalue weighted by atomic mass is 16.5. The Morgan fingerprint density at radius 1 is 1.29 bits per heavy atom. The molecular weight excluding hydrogens is 310 g/mol. The van der Waals surface area contributed by atoms with Crippen LogP contribution in [0.4, 0.5) is 6.01 Å². The standard InChI is InChI=1S/C16H17N5O3/c1-10-8-13(21(2)20-10)15-18-19-16(24-15)17-14(22)9-11-4-6-12(23-3)7-5-11/h4-8H,9H2,1-3H3,(H,17,19,22). The van der Waals surface area contributed by atoms with Gasteiger partial charge in [0.25, 0.3) is 5.89 Å². The Balaban J connectivity index is 1.65. The topological polar surface area (TPSA) is 95.1 Å². The average Bonchev–Trinajstić information content (AvgIpc) is 3.14. The van der Waals surface area contributed by atoms with Crippen LogP contribution in [0.15, 0.2) is 34.7 Å². The maximum absolute atomic E-state index is 12.1. The molecule has 0 unspecified atom stereocenters. The molecule has 1 amide bonds. The summed E-state index contributed by atoms with van der Waals surface area (Å²) in [5.74, 6) is 0.807. The number of ether oxygens (including phenoxy) is 1. The summed E-state index contributed by atoms with van der Waals surface area (Å²) < 4.78 is 12.2. The van der Waals surface area contributed by atoms with Crippen LogP contribution in [0.25, 0.3) is 11.6 Å². The maximum atomic E-state index is 12.1. The molecule has 0 aliphatic rings. The van der Waals surface area contributed by atoms with Crippen LogP contribution in [-0.4, -0.2) is 33.0 Å². The Morgan fingerprint density at radius 2 is 2.04 bits per heavy atom. The van der Waals surface area contributed by atoms with Gasteiger partial charge in [0.05, 0.1) is 19.2 Å². The second kappa shape index (κ2) is 6.53. The lowest BCUT2D eigenvalue weighted by Gasteiger charge is -2.03. The molecule has 0 atom stereocenters. The molecule has 8 heteroatoms. The van der Waals surface area contributed by atoms with E-state index >= 15 is 0 Å². The van der Waals surface area contributed by atoms with Crippen molar-refractivity contribution in [2.75, 3.05) is 12.4 Å². The summed E-state index contributed by atoms with van der Waals surface area (Å²) in [7, 11) is 3.38. The molecule has 24 heavy (non-hydrogen) atoms. The fourth-order valence-electron chi connectivity index (χ4n) is 2.28. The predicted molar refractivity (Wildman–Crippen MR) is 86.6 cm³/mol. The van der Waals surface area contributed by atoms with Crippen molar-refractivity contribution >= 4 is 11.9 Å². The van der Waals surface area contributed by atoms with Crippen molar-refractivity contribution in [1.29, 1.82) is 0 Å². The summed E-state index contributed by atoms with van der Waals surface area (Å²) >= 11 is 0. The van der Waals surface area contributed by atoms with Crippen molar-refractivity contribution in [1.82, 2.24) is 20.0 Å². The molecule has 2 heterocycles. The number of anilines is 1. The summed E-state index contributed by atoms with van der Waals surface area (Å²) in [5.41, 5.74) is 2.39. The number of amides is 1. The first-order chi connectivity index (χ1) is 11.5. The summed E-state index contributed by atoms with van der Waals surface area (Å²) in [6.45, 7) is 1.87. The quantitative estimate of drug-likeness (QED) is 0.770. The number of aryl methyl sites for hydroxylation is 2. The number of aromatic nitrogens is 4. The van der Waals surface area contributed by atoms with E-state index in [4.69, 9.17) is 9.15 Å². The molecule has 2 aromatic heterocycles. The van der Waals surface area contributed by atoms with Crippen molar-refractivity contribution in [3.63, 3.8) is 0 Å². The Morgan fingerprint density at radius 3 is 2.67 bits per heavy atom. The van der Waals surface area contributed by atoms with E-state index in [2.05, 4.69) is 20.6 Å². The number of hydrogen-bond donors (Lipinski definition) is 1. The molecule has 1 aromatic carbocycles. The normalized spacial score (nSPS) is 10.6. The molecular formula is C16H17N5O3. The lowest BCUT2D eigenvalue weighted by atomic mass is 10.1. The second-order valence-electron chi connectivity index (χ2n) is 5.28. The van der Waals surface area contributed by atoms with Gasteiger partial charge in [-0.05, 0) is 30.7 Å². The Bertz CT molecular complexity index is 851. The van der Waals surface area contributed by atoms with E-state index < -0.39 is 0 Å². The summed E-state index contributed by atoms with van der Waals surface area (Å²) in [5, 5.41) is 14.6. The predicted octanol–water partition coefficient (Wildman–Crippen LogP) is 1.97. The number of carbonyl (C=O) groups is 1.